The van der Waals surface area contributed by atoms with Crippen molar-refractivity contribution in [3.05, 3.63) is 52.5 Å². The van der Waals surface area contributed by atoms with Gasteiger partial charge in [-0.15, -0.1) is 5.10 Å². The Bertz CT molecular complexity index is 1010. The molecule has 1 heterocycles. The number of carbonyl (C=O) groups is 1. The van der Waals surface area contributed by atoms with Crippen LogP contribution in [0.5, 0.6) is 5.75 Å². The normalized spacial score (nSPS) is 11.9. The highest BCUT2D eigenvalue weighted by Gasteiger charge is 2.20. The minimum absolute atomic E-state index is 0.179. The molecule has 2 aromatic carbocycles. The first-order valence-electron chi connectivity index (χ1n) is 8.56. The lowest BCUT2D eigenvalue weighted by Crippen LogP contribution is -2.23. The number of nitrogens with one attached hydrogen (secondary N) is 1. The molecule has 28 heavy (non-hydrogen) atoms. The van der Waals surface area contributed by atoms with Gasteiger partial charge in [0.05, 0.1) is 23.1 Å². The summed E-state index contributed by atoms with van der Waals surface area (Å²) in [5.74, 6) is 0.372. The highest BCUT2D eigenvalue weighted by molar-refractivity contribution is 8.00. The minimum Gasteiger partial charge on any atom is -0.495 e. The maximum absolute atomic E-state index is 12.6. The molecular formula is C19H20ClN5O2S. The number of nitrogens with zero attached hydrogens (tertiary/aromatic N) is 4. The summed E-state index contributed by atoms with van der Waals surface area (Å²) in [6, 6.07) is 11.0. The van der Waals surface area contributed by atoms with E-state index in [-0.39, 0.29) is 5.91 Å². The molecule has 0 aliphatic heterocycles. The average Bonchev–Trinajstić information content (AvgIpc) is 3.12. The van der Waals surface area contributed by atoms with Crippen LogP contribution in [0.15, 0.2) is 41.6 Å². The van der Waals surface area contributed by atoms with Crippen LogP contribution in [0.4, 0.5) is 5.69 Å². The van der Waals surface area contributed by atoms with Crippen molar-refractivity contribution in [3.8, 4) is 11.4 Å². The number of anilines is 1. The summed E-state index contributed by atoms with van der Waals surface area (Å²) >= 11 is 7.40. The summed E-state index contributed by atoms with van der Waals surface area (Å²) in [6.45, 7) is 5.85. The van der Waals surface area contributed by atoms with Crippen molar-refractivity contribution < 1.29 is 9.53 Å². The Morgan fingerprint density at radius 1 is 1.29 bits per heavy atom. The van der Waals surface area contributed by atoms with Crippen LogP contribution in [0.3, 0.4) is 0 Å². The Morgan fingerprint density at radius 2 is 2.07 bits per heavy atom. The quantitative estimate of drug-likeness (QED) is 0.609. The number of hydrogen-bond acceptors (Lipinski definition) is 6. The number of benzene rings is 2. The van der Waals surface area contributed by atoms with E-state index in [9.17, 15) is 4.79 Å². The van der Waals surface area contributed by atoms with Gasteiger partial charge < -0.3 is 10.1 Å². The summed E-state index contributed by atoms with van der Waals surface area (Å²) in [5, 5.41) is 15.3. The van der Waals surface area contributed by atoms with Gasteiger partial charge in [0.2, 0.25) is 11.1 Å². The predicted octanol–water partition coefficient (Wildman–Crippen LogP) is 4.06. The first-order valence-corrected chi connectivity index (χ1v) is 9.82. The first-order chi connectivity index (χ1) is 13.4. The van der Waals surface area contributed by atoms with Gasteiger partial charge in [-0.05, 0) is 66.6 Å². The molecule has 9 heteroatoms. The van der Waals surface area contributed by atoms with E-state index < -0.39 is 5.25 Å². The summed E-state index contributed by atoms with van der Waals surface area (Å²) in [7, 11) is 1.54. The number of amides is 1. The molecule has 7 nitrogen and oxygen atoms in total. The summed E-state index contributed by atoms with van der Waals surface area (Å²) < 4.78 is 6.78. The van der Waals surface area contributed by atoms with Gasteiger partial charge in [0.25, 0.3) is 0 Å². The van der Waals surface area contributed by atoms with Crippen molar-refractivity contribution in [2.24, 2.45) is 0 Å². The van der Waals surface area contributed by atoms with Gasteiger partial charge in [-0.25, -0.2) is 0 Å². The second kappa shape index (κ2) is 8.62. The molecule has 0 bridgehead atoms. The molecule has 0 fully saturated rings. The third kappa shape index (κ3) is 4.28. The van der Waals surface area contributed by atoms with Crippen LogP contribution in [0.2, 0.25) is 5.02 Å². The zero-order chi connectivity index (χ0) is 20.3. The fraction of sp³-hybridized carbons (Fsp3) is 0.263. The highest BCUT2D eigenvalue weighted by Crippen LogP contribution is 2.29. The minimum atomic E-state index is -0.421. The van der Waals surface area contributed by atoms with Crippen LogP contribution in [0.25, 0.3) is 5.69 Å². The highest BCUT2D eigenvalue weighted by atomic mass is 35.5. The molecular weight excluding hydrogens is 398 g/mol. The summed E-state index contributed by atoms with van der Waals surface area (Å²) in [5.41, 5.74) is 3.71. The molecule has 1 aromatic heterocycles. The largest absolute Gasteiger partial charge is 0.495 e. The Hall–Kier alpha value is -2.58. The van der Waals surface area contributed by atoms with Gasteiger partial charge in [0, 0.05) is 5.69 Å². The van der Waals surface area contributed by atoms with Crippen LogP contribution in [0.1, 0.15) is 18.1 Å². The van der Waals surface area contributed by atoms with Crippen LogP contribution < -0.4 is 10.1 Å². The fourth-order valence-electron chi connectivity index (χ4n) is 2.57. The predicted molar refractivity (Wildman–Crippen MR) is 111 cm³/mol. The summed E-state index contributed by atoms with van der Waals surface area (Å²) in [6.07, 6.45) is 0. The van der Waals surface area contributed by atoms with Gasteiger partial charge in [0.15, 0.2) is 0 Å². The lowest BCUT2D eigenvalue weighted by Gasteiger charge is -2.13. The van der Waals surface area contributed by atoms with E-state index in [1.54, 1.807) is 29.8 Å². The molecule has 0 radical (unpaired) electrons. The van der Waals surface area contributed by atoms with E-state index >= 15 is 0 Å². The van der Waals surface area contributed by atoms with Gasteiger partial charge in [-0.1, -0.05) is 35.5 Å². The van der Waals surface area contributed by atoms with Crippen molar-refractivity contribution >= 4 is 35.0 Å². The third-order valence-corrected chi connectivity index (χ3v) is 5.64. The van der Waals surface area contributed by atoms with Crippen LogP contribution in [-0.4, -0.2) is 38.5 Å². The number of aromatic nitrogens is 4. The fourth-order valence-corrected chi connectivity index (χ4v) is 3.63. The first kappa shape index (κ1) is 20.2. The molecule has 146 valence electrons. The molecule has 0 aliphatic carbocycles. The molecule has 0 saturated carbocycles. The van der Waals surface area contributed by atoms with Crippen molar-refractivity contribution in [2.45, 2.75) is 31.2 Å². The zero-order valence-electron chi connectivity index (χ0n) is 15.9. The summed E-state index contributed by atoms with van der Waals surface area (Å²) in [4.78, 5) is 12.6. The zero-order valence-corrected chi connectivity index (χ0v) is 17.5. The molecule has 3 rings (SSSR count). The number of thioether (sulfide) groups is 1. The number of tetrazole rings is 1. The maximum atomic E-state index is 12.6. The number of methoxy groups -OCH3 is 1. The average molecular weight is 418 g/mol. The molecule has 0 saturated heterocycles. The van der Waals surface area contributed by atoms with Crippen LogP contribution in [0, 0.1) is 13.8 Å². The van der Waals surface area contributed by atoms with Crippen molar-refractivity contribution in [2.75, 3.05) is 12.4 Å². The van der Waals surface area contributed by atoms with Gasteiger partial charge in [0.1, 0.15) is 5.75 Å². The number of carbonyl (C=O) groups excluding carboxylic acids is 1. The van der Waals surface area contributed by atoms with Gasteiger partial charge in [-0.3, -0.25) is 4.79 Å². The van der Waals surface area contributed by atoms with Gasteiger partial charge in [-0.2, -0.15) is 4.68 Å². The second-order valence-corrected chi connectivity index (χ2v) is 7.91. The molecule has 1 amide bonds. The number of rotatable bonds is 6. The number of aryl methyl sites for hydroxylation is 1. The van der Waals surface area contributed by atoms with E-state index in [1.807, 2.05) is 32.0 Å². The lowest BCUT2D eigenvalue weighted by atomic mass is 10.1. The number of ether oxygens (including phenoxy) is 1. The Balaban J connectivity index is 1.74. The molecule has 0 aliphatic rings. The van der Waals surface area contributed by atoms with Crippen molar-refractivity contribution in [1.29, 1.82) is 0 Å². The second-order valence-electron chi connectivity index (χ2n) is 6.19. The monoisotopic (exact) mass is 417 g/mol. The van der Waals surface area contributed by atoms with E-state index in [1.165, 1.54) is 18.9 Å². The van der Waals surface area contributed by atoms with Crippen molar-refractivity contribution in [3.63, 3.8) is 0 Å². The maximum Gasteiger partial charge on any atom is 0.237 e. The molecule has 1 unspecified atom stereocenters. The van der Waals surface area contributed by atoms with Crippen molar-refractivity contribution in [1.82, 2.24) is 20.2 Å². The van der Waals surface area contributed by atoms with E-state index in [0.29, 0.717) is 21.6 Å². The molecule has 0 spiro atoms. The van der Waals surface area contributed by atoms with Crippen LogP contribution >= 0.6 is 23.4 Å². The van der Waals surface area contributed by atoms with E-state index in [0.717, 1.165) is 16.8 Å². The topological polar surface area (TPSA) is 81.9 Å². The van der Waals surface area contributed by atoms with E-state index in [2.05, 4.69) is 20.8 Å². The standard InChI is InChI=1S/C19H20ClN5O2S/c1-11-6-5-7-16(12(11)2)25-19(22-23-24-25)28-13(3)18(26)21-14-8-9-17(27-4)15(20)10-14/h5-10,13H,1-4H3,(H,21,26). The Kier molecular flexibility index (Phi) is 6.21. The third-order valence-electron chi connectivity index (χ3n) is 4.32. The Labute approximate surface area is 172 Å². The number of hydrogen-bond donors (Lipinski definition) is 1. The van der Waals surface area contributed by atoms with Gasteiger partial charge >= 0.3 is 0 Å². The van der Waals surface area contributed by atoms with Crippen LogP contribution in [-0.2, 0) is 4.79 Å². The SMILES string of the molecule is COc1ccc(NC(=O)C(C)Sc2nnnn2-c2cccc(C)c2C)cc1Cl. The number of halogens is 1. The molecule has 3 aromatic rings. The smallest absolute Gasteiger partial charge is 0.237 e. The van der Waals surface area contributed by atoms with E-state index in [4.69, 9.17) is 16.3 Å². The Morgan fingerprint density at radius 3 is 2.79 bits per heavy atom. The lowest BCUT2D eigenvalue weighted by molar-refractivity contribution is -0.115. The molecule has 1 atom stereocenters. The molecule has 1 N–H and O–H groups in total.